The Morgan fingerprint density at radius 3 is 2.10 bits per heavy atom. The number of hydrogen-bond acceptors (Lipinski definition) is 4. The van der Waals surface area contributed by atoms with Gasteiger partial charge in [-0.05, 0) is 47.6 Å². The van der Waals surface area contributed by atoms with Gasteiger partial charge in [-0.1, -0.05) is 0 Å². The summed E-state index contributed by atoms with van der Waals surface area (Å²) in [5.41, 5.74) is -0.337. The SMILES string of the molecule is CC(C)(C)N1CC(NS(=O)C(C)(C)C)(c2ncccn2)C1. The molecular weight excluding hydrogens is 284 g/mol. The molecule has 1 atom stereocenters. The highest BCUT2D eigenvalue weighted by Gasteiger charge is 2.51. The van der Waals surface area contributed by atoms with E-state index in [0.29, 0.717) is 0 Å². The van der Waals surface area contributed by atoms with Gasteiger partial charge in [0.05, 0.1) is 15.7 Å². The maximum absolute atomic E-state index is 12.5. The molecule has 1 aliphatic heterocycles. The summed E-state index contributed by atoms with van der Waals surface area (Å²) in [6.07, 6.45) is 3.48. The Balaban J connectivity index is 2.25. The Hall–Kier alpha value is -0.850. The fraction of sp³-hybridized carbons (Fsp3) is 0.733. The minimum Gasteiger partial charge on any atom is -0.294 e. The molecule has 1 aliphatic rings. The number of nitrogens with zero attached hydrogens (tertiary/aromatic N) is 3. The molecule has 6 heteroatoms. The van der Waals surface area contributed by atoms with Gasteiger partial charge in [0.25, 0.3) is 0 Å². The topological polar surface area (TPSA) is 58.1 Å². The molecular formula is C15H26N4OS. The van der Waals surface area contributed by atoms with Gasteiger partial charge in [0.2, 0.25) is 0 Å². The molecule has 5 nitrogen and oxygen atoms in total. The molecule has 0 amide bonds. The van der Waals surface area contributed by atoms with E-state index in [4.69, 9.17) is 0 Å². The minimum atomic E-state index is -1.15. The summed E-state index contributed by atoms with van der Waals surface area (Å²) in [6.45, 7) is 14.0. The lowest BCUT2D eigenvalue weighted by Crippen LogP contribution is -2.72. The molecule has 0 aliphatic carbocycles. The van der Waals surface area contributed by atoms with Crippen molar-refractivity contribution >= 4 is 11.0 Å². The number of rotatable bonds is 3. The molecule has 0 aromatic carbocycles. The largest absolute Gasteiger partial charge is 0.294 e. The predicted molar refractivity (Wildman–Crippen MR) is 86.1 cm³/mol. The average molecular weight is 310 g/mol. The van der Waals surface area contributed by atoms with E-state index in [1.165, 1.54) is 0 Å². The zero-order valence-electron chi connectivity index (χ0n) is 13.8. The van der Waals surface area contributed by atoms with Crippen molar-refractivity contribution in [2.75, 3.05) is 13.1 Å². The van der Waals surface area contributed by atoms with Gasteiger partial charge in [0.1, 0.15) is 5.54 Å². The van der Waals surface area contributed by atoms with Gasteiger partial charge < -0.3 is 0 Å². The Kier molecular flexibility index (Phi) is 4.26. The van der Waals surface area contributed by atoms with Gasteiger partial charge in [-0.3, -0.25) is 4.90 Å². The van der Waals surface area contributed by atoms with Gasteiger partial charge in [-0.2, -0.15) is 0 Å². The Morgan fingerprint density at radius 1 is 1.14 bits per heavy atom. The summed E-state index contributed by atoms with van der Waals surface area (Å²) in [5, 5.41) is 0. The fourth-order valence-corrected chi connectivity index (χ4v) is 3.09. The third-order valence-corrected chi connectivity index (χ3v) is 5.40. The van der Waals surface area contributed by atoms with Crippen molar-refractivity contribution in [2.45, 2.75) is 57.4 Å². The molecule has 1 unspecified atom stereocenters. The molecule has 21 heavy (non-hydrogen) atoms. The molecule has 118 valence electrons. The van der Waals surface area contributed by atoms with Crippen molar-refractivity contribution in [3.05, 3.63) is 24.3 Å². The third kappa shape index (κ3) is 3.49. The van der Waals surface area contributed by atoms with E-state index < -0.39 is 16.5 Å². The quantitative estimate of drug-likeness (QED) is 0.925. The van der Waals surface area contributed by atoms with Crippen LogP contribution in [0.25, 0.3) is 0 Å². The molecule has 0 saturated carbocycles. The normalized spacial score (nSPS) is 20.9. The summed E-state index contributed by atoms with van der Waals surface area (Å²) < 4.78 is 15.5. The van der Waals surface area contributed by atoms with Crippen LogP contribution >= 0.6 is 0 Å². The van der Waals surface area contributed by atoms with Crippen molar-refractivity contribution in [1.82, 2.24) is 19.6 Å². The predicted octanol–water partition coefficient (Wildman–Crippen LogP) is 1.84. The van der Waals surface area contributed by atoms with Crippen LogP contribution in [-0.4, -0.2) is 42.5 Å². The van der Waals surface area contributed by atoms with Crippen LogP contribution in [0.1, 0.15) is 47.4 Å². The molecule has 2 rings (SSSR count). The summed E-state index contributed by atoms with van der Waals surface area (Å²) in [6, 6.07) is 1.80. The second kappa shape index (κ2) is 5.41. The van der Waals surface area contributed by atoms with Crippen molar-refractivity contribution in [1.29, 1.82) is 0 Å². The summed E-state index contributed by atoms with van der Waals surface area (Å²) in [4.78, 5) is 11.1. The minimum absolute atomic E-state index is 0.0865. The highest BCUT2D eigenvalue weighted by Crippen LogP contribution is 2.35. The molecule has 0 bridgehead atoms. The molecule has 0 radical (unpaired) electrons. The van der Waals surface area contributed by atoms with Crippen molar-refractivity contribution in [2.24, 2.45) is 0 Å². The van der Waals surface area contributed by atoms with Gasteiger partial charge in [0, 0.05) is 31.0 Å². The van der Waals surface area contributed by atoms with Gasteiger partial charge in [-0.25, -0.2) is 18.9 Å². The van der Waals surface area contributed by atoms with Crippen molar-refractivity contribution in [3.63, 3.8) is 0 Å². The van der Waals surface area contributed by atoms with E-state index in [2.05, 4.69) is 40.4 Å². The van der Waals surface area contributed by atoms with Crippen LogP contribution < -0.4 is 4.72 Å². The average Bonchev–Trinajstić information content (AvgIpc) is 2.31. The molecule has 0 spiro atoms. The molecule has 1 fully saturated rings. The Bertz CT molecular complexity index is 513. The van der Waals surface area contributed by atoms with E-state index in [9.17, 15) is 4.21 Å². The first-order chi connectivity index (χ1) is 9.55. The molecule has 1 aromatic heterocycles. The first-order valence-electron chi connectivity index (χ1n) is 7.27. The Morgan fingerprint density at radius 2 is 1.67 bits per heavy atom. The highest BCUT2D eigenvalue weighted by atomic mass is 32.2. The Labute approximate surface area is 130 Å². The first-order valence-corrected chi connectivity index (χ1v) is 8.42. The highest BCUT2D eigenvalue weighted by molar-refractivity contribution is 7.84. The van der Waals surface area contributed by atoms with E-state index in [1.807, 2.05) is 20.8 Å². The summed E-state index contributed by atoms with van der Waals surface area (Å²) >= 11 is 0. The van der Waals surface area contributed by atoms with Crippen molar-refractivity contribution in [3.8, 4) is 0 Å². The smallest absolute Gasteiger partial charge is 0.151 e. The van der Waals surface area contributed by atoms with E-state index in [1.54, 1.807) is 18.5 Å². The van der Waals surface area contributed by atoms with E-state index in [0.717, 1.165) is 18.9 Å². The number of aromatic nitrogens is 2. The molecule has 1 aromatic rings. The van der Waals surface area contributed by atoms with Crippen LogP contribution in [0.5, 0.6) is 0 Å². The fourth-order valence-electron chi connectivity index (χ4n) is 2.21. The number of nitrogens with one attached hydrogen (secondary N) is 1. The van der Waals surface area contributed by atoms with Crippen LogP contribution in [0.3, 0.4) is 0 Å². The van der Waals surface area contributed by atoms with Gasteiger partial charge >= 0.3 is 0 Å². The lowest BCUT2D eigenvalue weighted by molar-refractivity contribution is -0.0206. The monoisotopic (exact) mass is 310 g/mol. The van der Waals surface area contributed by atoms with E-state index in [-0.39, 0.29) is 10.3 Å². The number of likely N-dealkylation sites (tertiary alicyclic amines) is 1. The number of hydrogen-bond donors (Lipinski definition) is 1. The lowest BCUT2D eigenvalue weighted by Gasteiger charge is -2.55. The zero-order valence-corrected chi connectivity index (χ0v) is 14.6. The van der Waals surface area contributed by atoms with Crippen LogP contribution in [0, 0.1) is 0 Å². The van der Waals surface area contributed by atoms with Crippen LogP contribution in [0.4, 0.5) is 0 Å². The summed E-state index contributed by atoms with van der Waals surface area (Å²) in [5.74, 6) is 0.725. The first kappa shape index (κ1) is 16.5. The third-order valence-electron chi connectivity index (χ3n) is 3.71. The van der Waals surface area contributed by atoms with Crippen LogP contribution in [0.15, 0.2) is 18.5 Å². The van der Waals surface area contributed by atoms with Crippen LogP contribution in [0.2, 0.25) is 0 Å². The standard InChI is InChI=1S/C15H26N4OS/c1-13(2,3)19-10-15(11-19,12-16-8-7-9-17-12)18-21(20)14(4,5)6/h7-9,18H,10-11H2,1-6H3. The maximum Gasteiger partial charge on any atom is 0.151 e. The lowest BCUT2D eigenvalue weighted by atomic mass is 9.85. The van der Waals surface area contributed by atoms with Crippen LogP contribution in [-0.2, 0) is 16.5 Å². The molecule has 1 saturated heterocycles. The molecule has 1 N–H and O–H groups in total. The second-order valence-corrected chi connectivity index (χ2v) is 9.63. The zero-order chi connectivity index (χ0) is 15.9. The summed E-state index contributed by atoms with van der Waals surface area (Å²) in [7, 11) is -1.15. The maximum atomic E-state index is 12.5. The second-order valence-electron chi connectivity index (χ2n) is 7.66. The van der Waals surface area contributed by atoms with Gasteiger partial charge in [0.15, 0.2) is 5.82 Å². The van der Waals surface area contributed by atoms with Gasteiger partial charge in [-0.15, -0.1) is 0 Å². The van der Waals surface area contributed by atoms with Crippen molar-refractivity contribution < 1.29 is 4.21 Å². The molecule has 2 heterocycles. The van der Waals surface area contributed by atoms with E-state index >= 15 is 0 Å².